The summed E-state index contributed by atoms with van der Waals surface area (Å²) < 4.78 is 122. The maximum absolute atomic E-state index is 15.6. The van der Waals surface area contributed by atoms with Crippen molar-refractivity contribution in [1.29, 1.82) is 15.8 Å². The largest absolute Gasteiger partial charge is 0.397 e. The van der Waals surface area contributed by atoms with Crippen molar-refractivity contribution in [2.75, 3.05) is 90.8 Å². The fourth-order valence-corrected chi connectivity index (χ4v) is 19.1. The summed E-state index contributed by atoms with van der Waals surface area (Å²) in [5.74, 6) is -14.2. The van der Waals surface area contributed by atoms with Crippen molar-refractivity contribution in [3.8, 4) is 69.0 Å². The maximum Gasteiger partial charge on any atom is 0.276 e. The molecule has 12 aromatic rings. The topological polar surface area (TPSA) is 363 Å². The predicted octanol–water partition coefficient (Wildman–Crippen LogP) is 19.4. The van der Waals surface area contributed by atoms with E-state index in [0.29, 0.717) is 45.1 Å². The number of fused-ring (bicyclic) bond motifs is 3. The van der Waals surface area contributed by atoms with E-state index in [1.54, 1.807) is 84.1 Å². The number of rotatable bonds is 15. The van der Waals surface area contributed by atoms with Crippen LogP contribution in [0.25, 0.3) is 83.9 Å². The van der Waals surface area contributed by atoms with E-state index in [-0.39, 0.29) is 211 Å². The van der Waals surface area contributed by atoms with Gasteiger partial charge in [0.1, 0.15) is 66.9 Å². The Morgan fingerprint density at radius 3 is 0.986 bits per heavy atom. The number of carbonyl (C=O) groups excluding carboxylic acids is 3. The molecule has 0 spiro atoms. The van der Waals surface area contributed by atoms with Gasteiger partial charge in [0.05, 0.1) is 122 Å². The number of nitrogens with zero attached hydrogens (tertiary/aromatic N) is 18. The molecule has 3 aromatic carbocycles. The van der Waals surface area contributed by atoms with Gasteiger partial charge in [-0.25, -0.2) is 50.1 Å². The molecule has 0 aliphatic carbocycles. The van der Waals surface area contributed by atoms with Crippen LogP contribution in [0.15, 0.2) is 107 Å². The van der Waals surface area contributed by atoms with Gasteiger partial charge in [0, 0.05) is 112 Å². The summed E-state index contributed by atoms with van der Waals surface area (Å²) in [6.45, 7) is 35.0. The molecular formula is C96H84Cl7F8N21O6. The second-order valence-electron chi connectivity index (χ2n) is 33.8. The van der Waals surface area contributed by atoms with Crippen molar-refractivity contribution in [2.24, 2.45) is 0 Å². The number of pyridine rings is 9. The fourth-order valence-electron chi connectivity index (χ4n) is 17.5. The van der Waals surface area contributed by atoms with E-state index in [1.807, 2.05) is 71.3 Å². The number of aryl methyl sites for hydroxylation is 3. The van der Waals surface area contributed by atoms with Crippen molar-refractivity contribution in [1.82, 2.24) is 58.3 Å². The number of aromatic nitrogens is 9. The highest BCUT2D eigenvalue weighted by molar-refractivity contribution is 6.41. The van der Waals surface area contributed by atoms with Gasteiger partial charge in [0.15, 0.2) is 46.5 Å². The standard InChI is InChI=1S/2C32H28Cl3F2N7O2.C32H28ClF4N7O2/c1-6-20(45)43-10-9-42(13-16(43)5)30-17-11-19(33)28(21-24(36)22(34)25(37)23(35)26(21)39)41-31(17)44(32(46)18(30)12-38)29-15(4)7-8-40-27(29)14(2)3;1-6-20(45)43-10-9-42(13-16(43)5)30-17-11-19(33)28(21-22(34)26(39)25(37)23(35)24(21)36)41-31(17)44(32(46)18(30)12-38)29-15(4)7-8-40-27(29)14(2)3;1-6-20(45)43-10-9-42(13-16(43)5)30-17-11-19(33)28(21-22(34)23(35)24(36)25(37)26(21)39)41-31(17)44(32(46)18(30)12-38)29-15(4)7-8-40-27(29)14(2)3/h3*6-8,11,14,16H,1,9-10,13,39H2,2-5H3/t3*16-/m111/s1. The van der Waals surface area contributed by atoms with E-state index >= 15 is 13.2 Å². The van der Waals surface area contributed by atoms with Gasteiger partial charge in [-0.1, -0.05) is 142 Å². The minimum Gasteiger partial charge on any atom is -0.397 e. The van der Waals surface area contributed by atoms with Crippen LogP contribution in [-0.2, 0) is 14.4 Å². The van der Waals surface area contributed by atoms with Gasteiger partial charge in [-0.2, -0.15) is 15.8 Å². The lowest BCUT2D eigenvalue weighted by Gasteiger charge is -2.41. The first-order valence-electron chi connectivity index (χ1n) is 42.6. The minimum atomic E-state index is -2.12. The Morgan fingerprint density at radius 2 is 0.688 bits per heavy atom. The predicted molar refractivity (Wildman–Crippen MR) is 521 cm³/mol. The number of hydrogen-bond donors (Lipinski definition) is 3. The van der Waals surface area contributed by atoms with Crippen LogP contribution in [0.4, 0.5) is 69.2 Å². The molecule has 3 aliphatic heterocycles. The van der Waals surface area contributed by atoms with Crippen molar-refractivity contribution >= 4 is 166 Å². The summed E-state index contributed by atoms with van der Waals surface area (Å²) in [6.07, 6.45) is 8.44. The number of nitrogens with two attached hydrogens (primary N) is 3. The third kappa shape index (κ3) is 17.7. The van der Waals surface area contributed by atoms with Crippen LogP contribution in [0.1, 0.15) is 131 Å². The summed E-state index contributed by atoms with van der Waals surface area (Å²) in [4.78, 5) is 118. The molecule has 6 N–H and O–H groups in total. The summed E-state index contributed by atoms with van der Waals surface area (Å²) >= 11 is 44.4. The Balaban J connectivity index is 0.000000175. The Labute approximate surface area is 819 Å². The third-order valence-electron chi connectivity index (χ3n) is 24.2. The van der Waals surface area contributed by atoms with Crippen LogP contribution in [-0.4, -0.2) is 153 Å². The van der Waals surface area contributed by atoms with Gasteiger partial charge >= 0.3 is 0 Å². The fraction of sp³-hybridized carbons (Fsp3) is 0.281. The van der Waals surface area contributed by atoms with Crippen LogP contribution >= 0.6 is 81.2 Å². The molecule has 714 valence electrons. The first-order valence-corrected chi connectivity index (χ1v) is 45.2. The number of halogens is 15. The molecule has 3 atom stereocenters. The van der Waals surface area contributed by atoms with Gasteiger partial charge in [0.25, 0.3) is 16.7 Å². The normalized spacial score (nSPS) is 15.0. The van der Waals surface area contributed by atoms with E-state index in [9.17, 15) is 66.5 Å². The van der Waals surface area contributed by atoms with Gasteiger partial charge < -0.3 is 46.6 Å². The van der Waals surface area contributed by atoms with Crippen molar-refractivity contribution in [3.63, 3.8) is 0 Å². The smallest absolute Gasteiger partial charge is 0.276 e. The summed E-state index contributed by atoms with van der Waals surface area (Å²) in [7, 11) is 0. The zero-order valence-electron chi connectivity index (χ0n) is 75.8. The number of nitrogen functional groups attached to an aromatic ring is 3. The summed E-state index contributed by atoms with van der Waals surface area (Å²) in [5.41, 5.74) is 14.7. The molecule has 3 aliphatic rings. The number of hydrogen-bond acceptors (Lipinski definition) is 21. The minimum absolute atomic E-state index is 0.00290. The highest BCUT2D eigenvalue weighted by Crippen LogP contribution is 2.49. The molecule has 42 heteroatoms. The quantitative estimate of drug-likeness (QED) is 0.0282. The molecule has 138 heavy (non-hydrogen) atoms. The van der Waals surface area contributed by atoms with Crippen molar-refractivity contribution < 1.29 is 49.5 Å². The lowest BCUT2D eigenvalue weighted by Crippen LogP contribution is -2.54. The van der Waals surface area contributed by atoms with Crippen molar-refractivity contribution in [3.05, 3.63) is 256 Å². The van der Waals surface area contributed by atoms with Crippen molar-refractivity contribution in [2.45, 2.75) is 119 Å². The first kappa shape index (κ1) is 102. The summed E-state index contributed by atoms with van der Waals surface area (Å²) in [5, 5.41) is 28.5. The molecule has 0 unspecified atom stereocenters. The molecule has 3 fully saturated rings. The first-order chi connectivity index (χ1) is 65.2. The average molecular weight is 2030 g/mol. The Kier molecular flexibility index (Phi) is 29.8. The molecule has 0 saturated carbocycles. The van der Waals surface area contributed by atoms with Crippen LogP contribution in [0.3, 0.4) is 0 Å². The molecule has 0 bridgehead atoms. The number of anilines is 6. The number of piperazine rings is 3. The third-order valence-corrected chi connectivity index (χ3v) is 26.4. The van der Waals surface area contributed by atoms with E-state index < -0.39 is 123 Å². The average Bonchev–Trinajstić information content (AvgIpc) is 0.726. The van der Waals surface area contributed by atoms with Gasteiger partial charge in [0.2, 0.25) is 17.7 Å². The molecule has 3 saturated heterocycles. The highest BCUT2D eigenvalue weighted by atomic mass is 35.5. The molecular weight excluding hydrogens is 1940 g/mol. The summed E-state index contributed by atoms with van der Waals surface area (Å²) in [6, 6.07) is 14.4. The van der Waals surface area contributed by atoms with Crippen LogP contribution < -0.4 is 48.6 Å². The van der Waals surface area contributed by atoms with E-state index in [1.165, 1.54) is 45.6 Å². The molecule has 15 rings (SSSR count). The number of carbonyl (C=O) groups is 3. The van der Waals surface area contributed by atoms with Crippen LogP contribution in [0.5, 0.6) is 0 Å². The second-order valence-corrected chi connectivity index (χ2v) is 36.5. The molecule has 27 nitrogen and oxygen atoms in total. The Morgan fingerprint density at radius 1 is 0.399 bits per heavy atom. The molecule has 0 radical (unpaired) electrons. The second kappa shape index (κ2) is 40.3. The SMILES string of the molecule is C=CC(=O)N1CCN(c2c(C#N)c(=O)n(-c3c(C)ccnc3C(C)C)c3nc(-c4c(F)c(Cl)c(F)c(N)c4Cl)c(Cl)cc23)C[C@H]1C.C=CC(=O)N1CCN(c2c(C#N)c(=O)n(-c3c(C)ccnc3C(C)C)c3nc(-c4c(N)c(Cl)c(F)c(Cl)c4F)c(Cl)cc23)C[C@H]1C.C=CC(=O)N1CCN(c2c(C#N)c(=O)n(-c3c(C)ccnc3C(C)C)c3nc(-c4c(N)c(F)c(F)c(F)c4F)c(Cl)cc23)C[C@H]1C. The van der Waals surface area contributed by atoms with Gasteiger partial charge in [-0.3, -0.25) is 57.4 Å². The number of amides is 3. The van der Waals surface area contributed by atoms with Crippen LogP contribution in [0, 0.1) is 101 Å². The van der Waals surface area contributed by atoms with E-state index in [2.05, 4.69) is 51.8 Å². The number of nitriles is 3. The highest BCUT2D eigenvalue weighted by Gasteiger charge is 2.40. The van der Waals surface area contributed by atoms with E-state index in [4.69, 9.17) is 108 Å². The zero-order valence-corrected chi connectivity index (χ0v) is 81.1. The van der Waals surface area contributed by atoms with Gasteiger partial charge in [-0.15, -0.1) is 0 Å². The van der Waals surface area contributed by atoms with Crippen LogP contribution in [0.2, 0.25) is 35.2 Å². The lowest BCUT2D eigenvalue weighted by atomic mass is 10.0. The maximum atomic E-state index is 15.6. The Bertz CT molecular complexity index is 6790. The molecule has 3 amide bonds. The number of benzene rings is 3. The van der Waals surface area contributed by atoms with E-state index in [0.717, 1.165) is 4.57 Å². The Hall–Kier alpha value is -13.4. The molecule has 9 aromatic heterocycles. The molecule has 12 heterocycles. The monoisotopic (exact) mass is 2020 g/mol. The zero-order chi connectivity index (χ0) is 101. The lowest BCUT2D eigenvalue weighted by molar-refractivity contribution is -0.129. The van der Waals surface area contributed by atoms with Gasteiger partial charge in [-0.05, 0) is 131 Å².